The van der Waals surface area contributed by atoms with Gasteiger partial charge in [0.25, 0.3) is 5.91 Å². The first-order valence-corrected chi connectivity index (χ1v) is 12.2. The van der Waals surface area contributed by atoms with E-state index in [2.05, 4.69) is 5.32 Å². The smallest absolute Gasteiger partial charge is 0.309 e. The van der Waals surface area contributed by atoms with Crippen LogP contribution in [0.15, 0.2) is 29.2 Å². The number of hydrogen-bond donors (Lipinski definition) is 2. The number of amides is 1. The van der Waals surface area contributed by atoms with E-state index in [4.69, 9.17) is 9.88 Å². The number of carbonyl (C=O) groups excluding carboxylic acids is 2. The Morgan fingerprint density at radius 2 is 1.86 bits per heavy atom. The third-order valence-electron chi connectivity index (χ3n) is 4.64. The van der Waals surface area contributed by atoms with Crippen molar-refractivity contribution in [1.82, 2.24) is 4.31 Å². The van der Waals surface area contributed by atoms with E-state index in [9.17, 15) is 26.4 Å². The van der Waals surface area contributed by atoms with E-state index in [-0.39, 0.29) is 29.4 Å². The molecule has 1 heterocycles. The summed E-state index contributed by atoms with van der Waals surface area (Å²) in [6.45, 7) is 3.43. The maximum Gasteiger partial charge on any atom is 0.309 e. The van der Waals surface area contributed by atoms with E-state index in [0.717, 1.165) is 0 Å². The van der Waals surface area contributed by atoms with Crippen LogP contribution in [0.5, 0.6) is 0 Å². The quantitative estimate of drug-likeness (QED) is 0.569. The average Bonchev–Trinajstić information content (AvgIpc) is 2.67. The summed E-state index contributed by atoms with van der Waals surface area (Å²) in [5.74, 6) is -1.68. The predicted octanol–water partition coefficient (Wildman–Crippen LogP) is 0.266. The van der Waals surface area contributed by atoms with Crippen molar-refractivity contribution in [2.75, 3.05) is 24.2 Å². The highest BCUT2D eigenvalue weighted by Gasteiger charge is 2.32. The Kier molecular flexibility index (Phi) is 7.38. The lowest BCUT2D eigenvalue weighted by molar-refractivity contribution is -0.158. The summed E-state index contributed by atoms with van der Waals surface area (Å²) in [4.78, 5) is 24.4. The summed E-state index contributed by atoms with van der Waals surface area (Å²) < 4.78 is 53.1. The second-order valence-electron chi connectivity index (χ2n) is 6.72. The van der Waals surface area contributed by atoms with Crippen LogP contribution in [-0.2, 0) is 34.4 Å². The van der Waals surface area contributed by atoms with Crippen LogP contribution in [0.3, 0.4) is 0 Å². The van der Waals surface area contributed by atoms with Gasteiger partial charge in [0.05, 0.1) is 16.6 Å². The molecule has 2 rings (SSSR count). The van der Waals surface area contributed by atoms with Gasteiger partial charge in [0, 0.05) is 18.8 Å². The van der Waals surface area contributed by atoms with Crippen LogP contribution in [-0.4, -0.2) is 58.0 Å². The van der Waals surface area contributed by atoms with Crippen molar-refractivity contribution < 1.29 is 31.2 Å². The lowest BCUT2D eigenvalue weighted by atomic mass is 9.98. The number of ether oxygens (including phenoxy) is 1. The molecular weight excluding hydrogens is 422 g/mol. The molecule has 0 aliphatic carbocycles. The van der Waals surface area contributed by atoms with Crippen molar-refractivity contribution in [3.8, 4) is 0 Å². The first-order chi connectivity index (χ1) is 13.4. The number of piperidine rings is 1. The molecule has 1 aromatic rings. The van der Waals surface area contributed by atoms with E-state index >= 15 is 0 Å². The van der Waals surface area contributed by atoms with Gasteiger partial charge in [-0.3, -0.25) is 9.59 Å². The van der Waals surface area contributed by atoms with Crippen LogP contribution < -0.4 is 10.5 Å². The largest absolute Gasteiger partial charge is 0.452 e. The predicted molar refractivity (Wildman–Crippen MR) is 106 cm³/mol. The molecule has 1 aliphatic heterocycles. The second kappa shape index (κ2) is 9.20. The SMILES string of the molecule is CCS(=O)(=O)N1CCC(C(=O)OC(C)C(=O)Nc2cccc(S(N)(=O)=O)c2)CC1. The van der Waals surface area contributed by atoms with Crippen molar-refractivity contribution in [2.24, 2.45) is 11.1 Å². The number of sulfonamides is 2. The minimum Gasteiger partial charge on any atom is -0.452 e. The molecule has 12 heteroatoms. The molecule has 10 nitrogen and oxygen atoms in total. The van der Waals surface area contributed by atoms with Crippen LogP contribution in [0.25, 0.3) is 0 Å². The molecule has 0 spiro atoms. The van der Waals surface area contributed by atoms with Gasteiger partial charge in [-0.05, 0) is 44.9 Å². The van der Waals surface area contributed by atoms with E-state index in [1.165, 1.54) is 35.5 Å². The Bertz CT molecular complexity index is 968. The number of benzene rings is 1. The molecule has 29 heavy (non-hydrogen) atoms. The van der Waals surface area contributed by atoms with Crippen LogP contribution in [0.1, 0.15) is 26.7 Å². The Hall–Kier alpha value is -2.02. The van der Waals surface area contributed by atoms with E-state index < -0.39 is 43.9 Å². The maximum atomic E-state index is 12.3. The lowest BCUT2D eigenvalue weighted by Crippen LogP contribution is -2.42. The third kappa shape index (κ3) is 6.23. The average molecular weight is 448 g/mol. The minimum absolute atomic E-state index is 0.00593. The van der Waals surface area contributed by atoms with Crippen molar-refractivity contribution in [3.63, 3.8) is 0 Å². The van der Waals surface area contributed by atoms with Gasteiger partial charge in [0.15, 0.2) is 6.10 Å². The molecule has 0 saturated carbocycles. The van der Waals surface area contributed by atoms with Gasteiger partial charge in [0.1, 0.15) is 0 Å². The number of carbonyl (C=O) groups is 2. The van der Waals surface area contributed by atoms with Crippen LogP contribution >= 0.6 is 0 Å². The number of rotatable bonds is 7. The third-order valence-corrected chi connectivity index (χ3v) is 7.43. The second-order valence-corrected chi connectivity index (χ2v) is 10.5. The molecule has 0 bridgehead atoms. The van der Waals surface area contributed by atoms with Crippen molar-refractivity contribution >= 4 is 37.6 Å². The van der Waals surface area contributed by atoms with E-state index in [0.29, 0.717) is 12.8 Å². The zero-order valence-electron chi connectivity index (χ0n) is 16.2. The van der Waals surface area contributed by atoms with Gasteiger partial charge in [-0.1, -0.05) is 6.07 Å². The molecule has 3 N–H and O–H groups in total. The minimum atomic E-state index is -3.92. The zero-order valence-corrected chi connectivity index (χ0v) is 17.8. The maximum absolute atomic E-state index is 12.3. The molecule has 1 atom stereocenters. The molecule has 0 aromatic heterocycles. The summed E-state index contributed by atoms with van der Waals surface area (Å²) in [5, 5.41) is 7.53. The summed E-state index contributed by atoms with van der Waals surface area (Å²) in [6.07, 6.45) is -0.468. The summed E-state index contributed by atoms with van der Waals surface area (Å²) in [5.41, 5.74) is 0.197. The molecule has 1 aliphatic rings. The Labute approximate surface area is 170 Å². The van der Waals surface area contributed by atoms with E-state index in [1.807, 2.05) is 0 Å². The summed E-state index contributed by atoms with van der Waals surface area (Å²) in [6, 6.07) is 5.39. The van der Waals surface area contributed by atoms with E-state index in [1.54, 1.807) is 6.92 Å². The van der Waals surface area contributed by atoms with Crippen molar-refractivity contribution in [1.29, 1.82) is 0 Å². The highest BCUT2D eigenvalue weighted by molar-refractivity contribution is 7.89. The van der Waals surface area contributed by atoms with Gasteiger partial charge < -0.3 is 10.1 Å². The Balaban J connectivity index is 1.91. The highest BCUT2D eigenvalue weighted by Crippen LogP contribution is 2.22. The Morgan fingerprint density at radius 1 is 1.24 bits per heavy atom. The molecule has 1 amide bonds. The topological polar surface area (TPSA) is 153 Å². The van der Waals surface area contributed by atoms with Crippen LogP contribution in [0, 0.1) is 5.92 Å². The first-order valence-electron chi connectivity index (χ1n) is 9.06. The Morgan fingerprint density at radius 3 is 2.41 bits per heavy atom. The number of hydrogen-bond acceptors (Lipinski definition) is 7. The lowest BCUT2D eigenvalue weighted by Gasteiger charge is -2.30. The molecule has 162 valence electrons. The van der Waals surface area contributed by atoms with Gasteiger partial charge >= 0.3 is 5.97 Å². The number of primary sulfonamides is 1. The first kappa shape index (κ1) is 23.3. The van der Waals surface area contributed by atoms with Crippen LogP contribution in [0.2, 0.25) is 0 Å². The molecule has 0 radical (unpaired) electrons. The highest BCUT2D eigenvalue weighted by atomic mass is 32.2. The number of nitrogens with one attached hydrogen (secondary N) is 1. The molecule has 1 fully saturated rings. The molecular formula is C17H25N3O7S2. The van der Waals surface area contributed by atoms with Crippen LogP contribution in [0.4, 0.5) is 5.69 Å². The summed E-state index contributed by atoms with van der Waals surface area (Å²) >= 11 is 0. The summed E-state index contributed by atoms with van der Waals surface area (Å²) in [7, 11) is -7.21. The normalized spacial score (nSPS) is 17.5. The molecule has 1 saturated heterocycles. The number of nitrogens with two attached hydrogens (primary N) is 1. The fourth-order valence-corrected chi connectivity index (χ4v) is 4.56. The van der Waals surface area contributed by atoms with Crippen molar-refractivity contribution in [2.45, 2.75) is 37.7 Å². The number of anilines is 1. The molecule has 1 aromatic carbocycles. The van der Waals surface area contributed by atoms with Gasteiger partial charge in [-0.25, -0.2) is 26.3 Å². The van der Waals surface area contributed by atoms with Gasteiger partial charge in [-0.15, -0.1) is 0 Å². The zero-order chi connectivity index (χ0) is 21.8. The van der Waals surface area contributed by atoms with Gasteiger partial charge in [-0.2, -0.15) is 0 Å². The fourth-order valence-electron chi connectivity index (χ4n) is 2.87. The fraction of sp³-hybridized carbons (Fsp3) is 0.529. The van der Waals surface area contributed by atoms with Crippen molar-refractivity contribution in [3.05, 3.63) is 24.3 Å². The van der Waals surface area contributed by atoms with Gasteiger partial charge in [0.2, 0.25) is 20.0 Å². The number of esters is 1. The number of nitrogens with zero attached hydrogens (tertiary/aromatic N) is 1. The standard InChI is InChI=1S/C17H25N3O7S2/c1-3-28(23,24)20-9-7-13(8-10-20)17(22)27-12(2)16(21)19-14-5-4-6-15(11-14)29(18,25)26/h4-6,11-13H,3,7-10H2,1-2H3,(H,19,21)(H2,18,25,26). The molecule has 1 unspecified atom stereocenters. The monoisotopic (exact) mass is 447 g/mol.